The van der Waals surface area contributed by atoms with Gasteiger partial charge in [-0.3, -0.25) is 4.40 Å². The van der Waals surface area contributed by atoms with Crippen LogP contribution in [0.25, 0.3) is 28.0 Å². The standard InChI is InChI=1S/C31H26F3N3OS/c1-38-24-15-13-20(14-16-24)26-19-37-28(29(39)35-23-11-7-10-22(18-23)31(32,33)34)27(21-8-3-2-4-9-21)25-12-5-6-17-36(26)30(25)37/h2-4,7-11,13-16,18-19H,5-6,12,17H2,1H3,(H,35,39). The molecule has 39 heavy (non-hydrogen) atoms. The van der Waals surface area contributed by atoms with E-state index in [0.717, 1.165) is 77.4 Å². The number of halogens is 3. The number of hydrogen-bond acceptors (Lipinski definition) is 2. The lowest BCUT2D eigenvalue weighted by Crippen LogP contribution is -2.15. The fraction of sp³-hybridized carbons (Fsp3) is 0.194. The predicted octanol–water partition coefficient (Wildman–Crippen LogP) is 8.23. The summed E-state index contributed by atoms with van der Waals surface area (Å²) in [5.74, 6) is 0.784. The first-order valence-corrected chi connectivity index (χ1v) is 13.2. The van der Waals surface area contributed by atoms with E-state index in [2.05, 4.69) is 32.6 Å². The monoisotopic (exact) mass is 545 g/mol. The van der Waals surface area contributed by atoms with Crippen molar-refractivity contribution >= 4 is 28.5 Å². The minimum atomic E-state index is -4.44. The third-order valence-corrected chi connectivity index (χ3v) is 7.54. The van der Waals surface area contributed by atoms with Crippen molar-refractivity contribution in [2.45, 2.75) is 32.0 Å². The van der Waals surface area contributed by atoms with Crippen LogP contribution in [0.1, 0.15) is 29.7 Å². The number of nitrogens with one attached hydrogen (secondary N) is 1. The highest BCUT2D eigenvalue weighted by molar-refractivity contribution is 7.81. The van der Waals surface area contributed by atoms with Gasteiger partial charge in [-0.15, -0.1) is 0 Å². The number of rotatable bonds is 5. The first-order chi connectivity index (χ1) is 18.8. The molecule has 1 aliphatic heterocycles. The summed E-state index contributed by atoms with van der Waals surface area (Å²) in [6, 6.07) is 23.2. The molecule has 6 rings (SSSR count). The Balaban J connectivity index is 1.55. The van der Waals surface area contributed by atoms with Crippen molar-refractivity contribution in [2.24, 2.45) is 0 Å². The second kappa shape index (κ2) is 9.93. The molecule has 8 heteroatoms. The molecule has 0 fully saturated rings. The van der Waals surface area contributed by atoms with Gasteiger partial charge in [-0.25, -0.2) is 0 Å². The minimum absolute atomic E-state index is 0.298. The summed E-state index contributed by atoms with van der Waals surface area (Å²) in [6.45, 7) is 0.858. The number of alkyl halides is 3. The van der Waals surface area contributed by atoms with Crippen LogP contribution in [-0.2, 0) is 19.1 Å². The summed E-state index contributed by atoms with van der Waals surface area (Å²) in [4.78, 5) is 0.369. The predicted molar refractivity (Wildman–Crippen MR) is 153 cm³/mol. The third-order valence-electron chi connectivity index (χ3n) is 7.25. The van der Waals surface area contributed by atoms with Gasteiger partial charge in [0.15, 0.2) is 0 Å². The zero-order chi connectivity index (χ0) is 27.1. The van der Waals surface area contributed by atoms with Crippen molar-refractivity contribution in [3.8, 4) is 28.1 Å². The maximum atomic E-state index is 13.4. The maximum Gasteiger partial charge on any atom is 0.416 e. The van der Waals surface area contributed by atoms with Gasteiger partial charge in [-0.05, 0) is 72.9 Å². The van der Waals surface area contributed by atoms with Crippen LogP contribution in [0.2, 0.25) is 0 Å². The van der Waals surface area contributed by atoms with E-state index in [1.165, 1.54) is 11.6 Å². The van der Waals surface area contributed by atoms with Gasteiger partial charge in [0.2, 0.25) is 0 Å². The number of benzene rings is 3. The van der Waals surface area contributed by atoms with E-state index >= 15 is 0 Å². The Bertz CT molecular complexity index is 1670. The van der Waals surface area contributed by atoms with Crippen LogP contribution >= 0.6 is 12.2 Å². The van der Waals surface area contributed by atoms with Crippen molar-refractivity contribution in [1.29, 1.82) is 0 Å². The fourth-order valence-corrected chi connectivity index (χ4v) is 5.80. The molecular formula is C31H26F3N3OS. The van der Waals surface area contributed by atoms with E-state index in [-0.39, 0.29) is 0 Å². The first kappa shape index (κ1) is 25.2. The molecule has 5 aromatic rings. The highest BCUT2D eigenvalue weighted by Crippen LogP contribution is 2.40. The fourth-order valence-electron chi connectivity index (χ4n) is 5.48. The van der Waals surface area contributed by atoms with E-state index in [9.17, 15) is 13.2 Å². The van der Waals surface area contributed by atoms with Gasteiger partial charge in [0.1, 0.15) is 16.4 Å². The van der Waals surface area contributed by atoms with Gasteiger partial charge < -0.3 is 14.6 Å². The van der Waals surface area contributed by atoms with Gasteiger partial charge in [-0.1, -0.05) is 48.6 Å². The third kappa shape index (κ3) is 4.59. The summed E-state index contributed by atoms with van der Waals surface area (Å²) in [5, 5.41) is 3.11. The van der Waals surface area contributed by atoms with E-state index in [4.69, 9.17) is 17.0 Å². The quantitative estimate of drug-likeness (QED) is 0.226. The Morgan fingerprint density at radius 2 is 1.69 bits per heavy atom. The molecule has 0 unspecified atom stereocenters. The van der Waals surface area contributed by atoms with Gasteiger partial charge in [0.05, 0.1) is 24.1 Å². The molecule has 2 aromatic heterocycles. The topological polar surface area (TPSA) is 30.6 Å². The summed E-state index contributed by atoms with van der Waals surface area (Å²) < 4.78 is 50.0. The number of imidazole rings is 1. The summed E-state index contributed by atoms with van der Waals surface area (Å²) in [7, 11) is 1.65. The first-order valence-electron chi connectivity index (χ1n) is 12.8. The van der Waals surface area contributed by atoms with E-state index < -0.39 is 11.7 Å². The van der Waals surface area contributed by atoms with Crippen LogP contribution in [0.5, 0.6) is 5.75 Å². The van der Waals surface area contributed by atoms with Crippen LogP contribution in [0.15, 0.2) is 85.1 Å². The minimum Gasteiger partial charge on any atom is -0.497 e. The Morgan fingerprint density at radius 1 is 0.923 bits per heavy atom. The van der Waals surface area contributed by atoms with Crippen LogP contribution in [0.3, 0.4) is 0 Å². The second-order valence-corrected chi connectivity index (χ2v) is 10.1. The lowest BCUT2D eigenvalue weighted by atomic mass is 9.98. The highest BCUT2D eigenvalue weighted by Gasteiger charge is 2.31. The molecule has 1 N–H and O–H groups in total. The number of hydrogen-bond donors (Lipinski definition) is 1. The van der Waals surface area contributed by atoms with Crippen LogP contribution in [-0.4, -0.2) is 21.1 Å². The van der Waals surface area contributed by atoms with E-state index in [1.54, 1.807) is 13.2 Å². The molecule has 0 saturated heterocycles. The number of methoxy groups -OCH3 is 1. The second-order valence-electron chi connectivity index (χ2n) is 9.65. The number of nitrogens with zero attached hydrogens (tertiary/aromatic N) is 2. The molecule has 3 heterocycles. The van der Waals surface area contributed by atoms with Gasteiger partial charge in [0, 0.05) is 29.6 Å². The Kier molecular flexibility index (Phi) is 6.43. The lowest BCUT2D eigenvalue weighted by molar-refractivity contribution is -0.137. The van der Waals surface area contributed by atoms with Crippen LogP contribution in [0, 0.1) is 0 Å². The Hall–Kier alpha value is -4.04. The molecule has 0 saturated carbocycles. The molecule has 0 spiro atoms. The average Bonchev–Trinajstić information content (AvgIpc) is 3.36. The van der Waals surface area contributed by atoms with Crippen molar-refractivity contribution in [2.75, 3.05) is 12.4 Å². The molecule has 198 valence electrons. The Morgan fingerprint density at radius 3 is 2.41 bits per heavy atom. The molecular weight excluding hydrogens is 519 g/mol. The number of aromatic nitrogens is 2. The molecule has 0 aliphatic carbocycles. The average molecular weight is 546 g/mol. The zero-order valence-corrected chi connectivity index (χ0v) is 22.1. The van der Waals surface area contributed by atoms with Crippen molar-refractivity contribution in [3.05, 3.63) is 102 Å². The molecule has 0 radical (unpaired) electrons. The van der Waals surface area contributed by atoms with Gasteiger partial charge in [-0.2, -0.15) is 13.2 Å². The SMILES string of the molecule is COc1ccc(-c2cn3c(C(=S)Nc4cccc(C(F)(F)F)c4)c(-c4ccccc4)c4c3n2CCCC4)cc1. The van der Waals surface area contributed by atoms with E-state index in [1.807, 2.05) is 42.5 Å². The molecule has 1 aliphatic rings. The summed E-state index contributed by atoms with van der Waals surface area (Å²) in [5.41, 5.74) is 6.77. The van der Waals surface area contributed by atoms with Crippen molar-refractivity contribution in [3.63, 3.8) is 0 Å². The van der Waals surface area contributed by atoms with E-state index in [0.29, 0.717) is 10.7 Å². The van der Waals surface area contributed by atoms with Crippen LogP contribution in [0.4, 0.5) is 18.9 Å². The molecule has 3 aromatic carbocycles. The molecule has 4 nitrogen and oxygen atoms in total. The molecule has 0 atom stereocenters. The van der Waals surface area contributed by atoms with Crippen LogP contribution < -0.4 is 10.1 Å². The maximum absolute atomic E-state index is 13.4. The van der Waals surface area contributed by atoms with Gasteiger partial charge in [0.25, 0.3) is 0 Å². The summed E-state index contributed by atoms with van der Waals surface area (Å²) >= 11 is 5.93. The number of anilines is 1. The largest absolute Gasteiger partial charge is 0.497 e. The molecule has 0 amide bonds. The number of aryl methyl sites for hydroxylation is 2. The lowest BCUT2D eigenvalue weighted by Gasteiger charge is -2.14. The number of thiocarbonyl (C=S) groups is 1. The smallest absolute Gasteiger partial charge is 0.416 e. The van der Waals surface area contributed by atoms with Crippen molar-refractivity contribution in [1.82, 2.24) is 8.97 Å². The van der Waals surface area contributed by atoms with Gasteiger partial charge >= 0.3 is 6.18 Å². The normalized spacial score (nSPS) is 13.3. The van der Waals surface area contributed by atoms with Crippen molar-refractivity contribution < 1.29 is 17.9 Å². The molecule has 0 bridgehead atoms. The summed E-state index contributed by atoms with van der Waals surface area (Å²) in [6.07, 6.45) is 0.598. The Labute approximate surface area is 229 Å². The zero-order valence-electron chi connectivity index (χ0n) is 21.3. The number of ether oxygens (including phenoxy) is 1. The highest BCUT2D eigenvalue weighted by atomic mass is 32.1.